The zero-order valence-electron chi connectivity index (χ0n) is 9.36. The van der Waals surface area contributed by atoms with Crippen LogP contribution in [0.5, 0.6) is 0 Å². The predicted octanol–water partition coefficient (Wildman–Crippen LogP) is 2.02. The summed E-state index contributed by atoms with van der Waals surface area (Å²) < 4.78 is 0. The van der Waals surface area contributed by atoms with E-state index in [9.17, 15) is 4.79 Å². The fraction of sp³-hybridized carbons (Fsp3) is 0.308. The monoisotopic (exact) mass is 216 g/mol. The summed E-state index contributed by atoms with van der Waals surface area (Å²) in [4.78, 5) is 14.2. The summed E-state index contributed by atoms with van der Waals surface area (Å²) in [6.07, 6.45) is 3.54. The van der Waals surface area contributed by atoms with E-state index in [1.165, 1.54) is 10.9 Å². The van der Waals surface area contributed by atoms with Crippen molar-refractivity contribution in [2.75, 3.05) is 0 Å². The van der Waals surface area contributed by atoms with Crippen molar-refractivity contribution in [1.29, 1.82) is 0 Å². The number of carbonyl (C=O) groups is 1. The molecule has 3 nitrogen and oxygen atoms in total. The highest BCUT2D eigenvalue weighted by Crippen LogP contribution is 2.19. The van der Waals surface area contributed by atoms with Crippen molar-refractivity contribution >= 4 is 16.7 Å². The second kappa shape index (κ2) is 4.49. The molecule has 0 aliphatic heterocycles. The van der Waals surface area contributed by atoms with Crippen LogP contribution in [0.3, 0.4) is 0 Å². The molecule has 0 fully saturated rings. The van der Waals surface area contributed by atoms with Gasteiger partial charge in [-0.25, -0.2) is 0 Å². The lowest BCUT2D eigenvalue weighted by Crippen LogP contribution is -2.28. The molecule has 1 aromatic carbocycles. The average Bonchev–Trinajstić information content (AvgIpc) is 2.69. The summed E-state index contributed by atoms with van der Waals surface area (Å²) >= 11 is 0. The van der Waals surface area contributed by atoms with E-state index in [2.05, 4.69) is 11.1 Å². The third-order valence-electron chi connectivity index (χ3n) is 2.92. The highest BCUT2D eigenvalue weighted by molar-refractivity contribution is 5.83. The standard InChI is InChI=1S/C13H16N2O/c1-9(16)12(14)7-6-10-8-15-13-5-3-2-4-11(10)13/h2-5,8,12,15H,6-7,14H2,1H3/t12-/m1/s1. The van der Waals surface area contributed by atoms with Crippen molar-refractivity contribution in [3.63, 3.8) is 0 Å². The number of nitrogens with one attached hydrogen (secondary N) is 1. The topological polar surface area (TPSA) is 58.9 Å². The van der Waals surface area contributed by atoms with Gasteiger partial charge in [0.15, 0.2) is 0 Å². The van der Waals surface area contributed by atoms with Gasteiger partial charge in [0.1, 0.15) is 5.78 Å². The number of rotatable bonds is 4. The minimum Gasteiger partial charge on any atom is -0.361 e. The van der Waals surface area contributed by atoms with Gasteiger partial charge < -0.3 is 10.7 Å². The molecule has 3 N–H and O–H groups in total. The van der Waals surface area contributed by atoms with Gasteiger partial charge in [0.2, 0.25) is 0 Å². The van der Waals surface area contributed by atoms with Crippen LogP contribution in [-0.4, -0.2) is 16.8 Å². The van der Waals surface area contributed by atoms with E-state index in [4.69, 9.17) is 5.73 Å². The van der Waals surface area contributed by atoms with E-state index < -0.39 is 0 Å². The van der Waals surface area contributed by atoms with E-state index in [1.54, 1.807) is 6.92 Å². The summed E-state index contributed by atoms with van der Waals surface area (Å²) in [5.74, 6) is 0.0554. The van der Waals surface area contributed by atoms with Crippen LogP contribution in [0.1, 0.15) is 18.9 Å². The van der Waals surface area contributed by atoms with Crippen molar-refractivity contribution < 1.29 is 4.79 Å². The first-order valence-electron chi connectivity index (χ1n) is 5.49. The fourth-order valence-corrected chi connectivity index (χ4v) is 1.85. The Morgan fingerprint density at radius 1 is 1.44 bits per heavy atom. The normalized spacial score (nSPS) is 12.9. The third kappa shape index (κ3) is 2.14. The highest BCUT2D eigenvalue weighted by atomic mass is 16.1. The van der Waals surface area contributed by atoms with Gasteiger partial charge in [-0.1, -0.05) is 18.2 Å². The Morgan fingerprint density at radius 3 is 2.94 bits per heavy atom. The Hall–Kier alpha value is -1.61. The Kier molecular flexibility index (Phi) is 3.06. The van der Waals surface area contributed by atoms with E-state index in [-0.39, 0.29) is 11.8 Å². The number of carbonyl (C=O) groups excluding carboxylic acids is 1. The molecule has 0 spiro atoms. The molecular weight excluding hydrogens is 200 g/mol. The molecule has 0 aliphatic rings. The van der Waals surface area contributed by atoms with Crippen LogP contribution in [0.4, 0.5) is 0 Å². The van der Waals surface area contributed by atoms with Crippen LogP contribution in [-0.2, 0) is 11.2 Å². The lowest BCUT2D eigenvalue weighted by atomic mass is 10.0. The molecule has 0 radical (unpaired) electrons. The second-order valence-corrected chi connectivity index (χ2v) is 4.12. The maximum atomic E-state index is 11.0. The summed E-state index contributed by atoms with van der Waals surface area (Å²) in [5, 5.41) is 1.22. The summed E-state index contributed by atoms with van der Waals surface area (Å²) in [6, 6.07) is 7.81. The van der Waals surface area contributed by atoms with Crippen molar-refractivity contribution in [2.45, 2.75) is 25.8 Å². The first-order valence-corrected chi connectivity index (χ1v) is 5.49. The lowest BCUT2D eigenvalue weighted by Gasteiger charge is -2.06. The molecule has 16 heavy (non-hydrogen) atoms. The van der Waals surface area contributed by atoms with Crippen LogP contribution in [0.15, 0.2) is 30.5 Å². The molecule has 2 aromatic rings. The number of hydrogen-bond donors (Lipinski definition) is 2. The molecule has 1 heterocycles. The number of ketones is 1. The van der Waals surface area contributed by atoms with E-state index >= 15 is 0 Å². The quantitative estimate of drug-likeness (QED) is 0.821. The predicted molar refractivity (Wildman–Crippen MR) is 65.3 cm³/mol. The van der Waals surface area contributed by atoms with Crippen LogP contribution in [0, 0.1) is 0 Å². The number of fused-ring (bicyclic) bond motifs is 1. The summed E-state index contributed by atoms with van der Waals surface area (Å²) in [7, 11) is 0. The van der Waals surface area contributed by atoms with Gasteiger partial charge in [0.05, 0.1) is 6.04 Å². The Bertz CT molecular complexity index is 501. The van der Waals surface area contributed by atoms with Crippen molar-refractivity contribution in [2.24, 2.45) is 5.73 Å². The van der Waals surface area contributed by atoms with Gasteiger partial charge in [-0.3, -0.25) is 4.79 Å². The number of H-pyrrole nitrogens is 1. The van der Waals surface area contributed by atoms with Crippen molar-refractivity contribution in [1.82, 2.24) is 4.98 Å². The molecule has 0 unspecified atom stereocenters. The minimum atomic E-state index is -0.339. The van der Waals surface area contributed by atoms with Crippen LogP contribution >= 0.6 is 0 Å². The minimum absolute atomic E-state index is 0.0554. The maximum absolute atomic E-state index is 11.0. The van der Waals surface area contributed by atoms with Crippen LogP contribution < -0.4 is 5.73 Å². The molecule has 84 valence electrons. The second-order valence-electron chi connectivity index (χ2n) is 4.12. The zero-order chi connectivity index (χ0) is 11.5. The number of aromatic nitrogens is 1. The van der Waals surface area contributed by atoms with Crippen molar-refractivity contribution in [3.05, 3.63) is 36.0 Å². The first-order chi connectivity index (χ1) is 7.68. The van der Waals surface area contributed by atoms with Crippen LogP contribution in [0.25, 0.3) is 10.9 Å². The molecule has 0 amide bonds. The Labute approximate surface area is 94.6 Å². The molecule has 1 atom stereocenters. The van der Waals surface area contributed by atoms with Crippen LogP contribution in [0.2, 0.25) is 0 Å². The molecule has 3 heteroatoms. The molecule has 0 saturated carbocycles. The molecular formula is C13H16N2O. The number of Topliss-reactive ketones (excluding diaryl/α,β-unsaturated/α-hetero) is 1. The highest BCUT2D eigenvalue weighted by Gasteiger charge is 2.09. The number of nitrogens with two attached hydrogens (primary N) is 1. The van der Waals surface area contributed by atoms with Gasteiger partial charge in [-0.2, -0.15) is 0 Å². The van der Waals surface area contributed by atoms with E-state index in [1.807, 2.05) is 24.4 Å². The largest absolute Gasteiger partial charge is 0.361 e. The van der Waals surface area contributed by atoms with Gasteiger partial charge in [-0.15, -0.1) is 0 Å². The Morgan fingerprint density at radius 2 is 2.19 bits per heavy atom. The molecule has 0 aliphatic carbocycles. The van der Waals surface area contributed by atoms with Gasteiger partial charge in [0, 0.05) is 17.1 Å². The molecule has 1 aromatic heterocycles. The summed E-state index contributed by atoms with van der Waals surface area (Å²) in [6.45, 7) is 1.54. The number of benzene rings is 1. The van der Waals surface area contributed by atoms with E-state index in [0.717, 1.165) is 11.9 Å². The lowest BCUT2D eigenvalue weighted by molar-refractivity contribution is -0.118. The average molecular weight is 216 g/mol. The molecule has 0 bridgehead atoms. The Balaban J connectivity index is 2.13. The number of aryl methyl sites for hydroxylation is 1. The third-order valence-corrected chi connectivity index (χ3v) is 2.92. The summed E-state index contributed by atoms with van der Waals surface area (Å²) in [5.41, 5.74) is 8.08. The smallest absolute Gasteiger partial charge is 0.146 e. The van der Waals surface area contributed by atoms with Gasteiger partial charge in [0.25, 0.3) is 0 Å². The van der Waals surface area contributed by atoms with Gasteiger partial charge >= 0.3 is 0 Å². The van der Waals surface area contributed by atoms with Crippen molar-refractivity contribution in [3.8, 4) is 0 Å². The fourth-order valence-electron chi connectivity index (χ4n) is 1.85. The number of aromatic amines is 1. The first kappa shape index (κ1) is 10.9. The molecule has 2 rings (SSSR count). The molecule has 0 saturated heterocycles. The van der Waals surface area contributed by atoms with E-state index in [0.29, 0.717) is 6.42 Å². The number of para-hydroxylation sites is 1. The maximum Gasteiger partial charge on any atom is 0.146 e. The SMILES string of the molecule is CC(=O)[C@H](N)CCc1c[nH]c2ccccc12. The van der Waals surface area contributed by atoms with Gasteiger partial charge in [-0.05, 0) is 31.4 Å². The number of hydrogen-bond acceptors (Lipinski definition) is 2. The zero-order valence-corrected chi connectivity index (χ0v) is 9.36.